The third-order valence-corrected chi connectivity index (χ3v) is 5.50. The van der Waals surface area contributed by atoms with E-state index in [1.54, 1.807) is 22.8 Å². The van der Waals surface area contributed by atoms with E-state index in [9.17, 15) is 13.2 Å². The largest absolute Gasteiger partial charge is 0.478 e. The molecule has 3 heterocycles. The Hall–Kier alpha value is -2.81. The van der Waals surface area contributed by atoms with Crippen molar-refractivity contribution in [2.24, 2.45) is 0 Å². The molecule has 1 aliphatic rings. The zero-order chi connectivity index (χ0) is 16.9. The monoisotopic (exact) mass is 346 g/mol. The second kappa shape index (κ2) is 5.10. The van der Waals surface area contributed by atoms with Gasteiger partial charge < -0.3 is 14.7 Å². The molecule has 0 spiro atoms. The van der Waals surface area contributed by atoms with Crippen LogP contribution in [0.1, 0.15) is 22.6 Å². The number of rotatable bonds is 4. The first kappa shape index (κ1) is 14.8. The molecule has 0 bridgehead atoms. The van der Waals surface area contributed by atoms with Crippen molar-refractivity contribution < 1.29 is 18.3 Å². The summed E-state index contributed by atoms with van der Waals surface area (Å²) < 4.78 is 29.4. The third kappa shape index (κ3) is 2.24. The fraction of sp³-hybridized carbons (Fsp3) is 0.200. The first-order chi connectivity index (χ1) is 11.5. The average molecular weight is 346 g/mol. The van der Waals surface area contributed by atoms with E-state index in [2.05, 4.69) is 14.7 Å². The summed E-state index contributed by atoms with van der Waals surface area (Å²) in [6.07, 6.45) is 4.42. The zero-order valence-electron chi connectivity index (χ0n) is 12.5. The highest BCUT2D eigenvalue weighted by Gasteiger charge is 2.25. The number of hydrogen-bond acceptors (Lipinski definition) is 4. The van der Waals surface area contributed by atoms with Crippen molar-refractivity contribution in [1.82, 2.24) is 14.5 Å². The van der Waals surface area contributed by atoms with Crippen LogP contribution in [0.15, 0.2) is 35.6 Å². The van der Waals surface area contributed by atoms with Crippen LogP contribution in [-0.4, -0.2) is 34.0 Å². The minimum absolute atomic E-state index is 0.146. The molecule has 0 radical (unpaired) electrons. The van der Waals surface area contributed by atoms with Gasteiger partial charge >= 0.3 is 5.97 Å². The number of aromatic carboxylic acids is 1. The Morgan fingerprint density at radius 1 is 1.38 bits per heavy atom. The predicted molar refractivity (Wildman–Crippen MR) is 86.6 cm³/mol. The number of nitrogens with zero attached hydrogens (tertiary/aromatic N) is 2. The van der Waals surface area contributed by atoms with Gasteiger partial charge in [-0.3, -0.25) is 4.72 Å². The van der Waals surface area contributed by atoms with Gasteiger partial charge in [0.15, 0.2) is 5.03 Å². The van der Waals surface area contributed by atoms with E-state index in [1.807, 2.05) is 0 Å². The number of carbonyl (C=O) groups is 1. The summed E-state index contributed by atoms with van der Waals surface area (Å²) in [5.74, 6) is -0.259. The molecule has 0 saturated carbocycles. The highest BCUT2D eigenvalue weighted by molar-refractivity contribution is 7.92. The zero-order valence-corrected chi connectivity index (χ0v) is 13.3. The van der Waals surface area contributed by atoms with Crippen molar-refractivity contribution >= 4 is 32.6 Å². The number of anilines is 1. The van der Waals surface area contributed by atoms with E-state index < -0.39 is 16.0 Å². The number of benzene rings is 1. The molecule has 0 aliphatic carbocycles. The lowest BCUT2D eigenvalue weighted by Gasteiger charge is -2.09. The Balaban J connectivity index is 1.69. The van der Waals surface area contributed by atoms with Gasteiger partial charge in [-0.1, -0.05) is 0 Å². The maximum absolute atomic E-state index is 12.6. The highest BCUT2D eigenvalue weighted by atomic mass is 32.2. The third-order valence-electron chi connectivity index (χ3n) is 4.12. The fourth-order valence-electron chi connectivity index (χ4n) is 3.02. The summed E-state index contributed by atoms with van der Waals surface area (Å²) in [5.41, 5.74) is 1.05. The smallest absolute Gasteiger partial charge is 0.337 e. The first-order valence-electron chi connectivity index (χ1n) is 7.37. The van der Waals surface area contributed by atoms with Crippen LogP contribution < -0.4 is 4.72 Å². The molecule has 4 rings (SSSR count). The lowest BCUT2D eigenvalue weighted by atomic mass is 10.1. The highest BCUT2D eigenvalue weighted by Crippen LogP contribution is 2.25. The first-order valence-corrected chi connectivity index (χ1v) is 8.86. The molecule has 0 atom stereocenters. The second-order valence-corrected chi connectivity index (χ2v) is 7.27. The van der Waals surface area contributed by atoms with Crippen LogP contribution >= 0.6 is 0 Å². The number of nitrogens with one attached hydrogen (secondary N) is 2. The molecule has 8 nitrogen and oxygen atoms in total. The van der Waals surface area contributed by atoms with E-state index in [0.717, 1.165) is 18.7 Å². The number of aromatic amines is 1. The normalized spacial score (nSPS) is 14.0. The molecule has 0 fully saturated rings. The van der Waals surface area contributed by atoms with Crippen LogP contribution in [0.4, 0.5) is 5.69 Å². The van der Waals surface area contributed by atoms with Crippen molar-refractivity contribution in [3.05, 3.63) is 42.0 Å². The Bertz CT molecular complexity index is 1060. The number of aryl methyl sites for hydroxylation is 1. The fourth-order valence-corrected chi connectivity index (χ4v) is 4.24. The van der Waals surface area contributed by atoms with Crippen LogP contribution in [0.2, 0.25) is 0 Å². The van der Waals surface area contributed by atoms with Gasteiger partial charge in [0.05, 0.1) is 17.4 Å². The molecule has 24 heavy (non-hydrogen) atoms. The summed E-state index contributed by atoms with van der Waals surface area (Å²) in [5, 5.41) is 9.77. The molecule has 3 N–H and O–H groups in total. The van der Waals surface area contributed by atoms with Gasteiger partial charge in [-0.05, 0) is 24.6 Å². The van der Waals surface area contributed by atoms with Crippen LogP contribution in [0.5, 0.6) is 0 Å². The standard InChI is InChI=1S/C15H14N4O4S/c20-15(21)11-7-16-12-6-9(3-4-10(11)12)18-24(22,23)14-8-17-13-2-1-5-19(13)14/h3-4,6-8,16,18H,1-2,5H2,(H,20,21). The Labute approximate surface area is 137 Å². The Kier molecular flexibility index (Phi) is 3.14. The maximum Gasteiger partial charge on any atom is 0.337 e. The summed E-state index contributed by atoms with van der Waals surface area (Å²) in [7, 11) is -3.75. The van der Waals surface area contributed by atoms with Crippen LogP contribution in [0, 0.1) is 0 Å². The maximum atomic E-state index is 12.6. The van der Waals surface area contributed by atoms with E-state index in [1.165, 1.54) is 12.4 Å². The molecule has 0 saturated heterocycles. The number of sulfonamides is 1. The molecule has 9 heteroatoms. The van der Waals surface area contributed by atoms with Gasteiger partial charge in [-0.2, -0.15) is 8.42 Å². The molecule has 2 aromatic heterocycles. The molecule has 0 unspecified atom stereocenters. The lowest BCUT2D eigenvalue weighted by Crippen LogP contribution is -2.16. The van der Waals surface area contributed by atoms with Gasteiger partial charge in [0.25, 0.3) is 10.0 Å². The Morgan fingerprint density at radius 2 is 2.21 bits per heavy atom. The molecule has 0 amide bonds. The van der Waals surface area contributed by atoms with E-state index in [-0.39, 0.29) is 10.6 Å². The second-order valence-electron chi connectivity index (χ2n) is 5.64. The minimum atomic E-state index is -3.75. The summed E-state index contributed by atoms with van der Waals surface area (Å²) in [6, 6.07) is 4.69. The van der Waals surface area contributed by atoms with Gasteiger partial charge in [0.2, 0.25) is 0 Å². The minimum Gasteiger partial charge on any atom is -0.478 e. The Morgan fingerprint density at radius 3 is 3.00 bits per heavy atom. The number of H-pyrrole nitrogens is 1. The molecule has 3 aromatic rings. The van der Waals surface area contributed by atoms with Crippen molar-refractivity contribution in [3.8, 4) is 0 Å². The van der Waals surface area contributed by atoms with Crippen molar-refractivity contribution in [2.45, 2.75) is 24.4 Å². The van der Waals surface area contributed by atoms with Crippen molar-refractivity contribution in [1.29, 1.82) is 0 Å². The topological polar surface area (TPSA) is 117 Å². The summed E-state index contributed by atoms with van der Waals surface area (Å²) in [6.45, 7) is 0.642. The average Bonchev–Trinajstić information content (AvgIpc) is 3.20. The van der Waals surface area contributed by atoms with Gasteiger partial charge in [0, 0.05) is 30.1 Å². The number of hydrogen-bond donors (Lipinski definition) is 3. The summed E-state index contributed by atoms with van der Waals surface area (Å²) >= 11 is 0. The van der Waals surface area contributed by atoms with E-state index in [0.29, 0.717) is 23.1 Å². The molecule has 1 aromatic carbocycles. The van der Waals surface area contributed by atoms with Gasteiger partial charge in [-0.25, -0.2) is 9.78 Å². The molecular weight excluding hydrogens is 332 g/mol. The van der Waals surface area contributed by atoms with Gasteiger partial charge in [0.1, 0.15) is 5.82 Å². The summed E-state index contributed by atoms with van der Waals surface area (Å²) in [4.78, 5) is 18.1. The number of fused-ring (bicyclic) bond motifs is 2. The number of carboxylic acids is 1. The number of imidazole rings is 1. The van der Waals surface area contributed by atoms with E-state index in [4.69, 9.17) is 5.11 Å². The van der Waals surface area contributed by atoms with Crippen molar-refractivity contribution in [3.63, 3.8) is 0 Å². The SMILES string of the molecule is O=C(O)c1c[nH]c2cc(NS(=O)(=O)c3cnc4n3CCC4)ccc12. The van der Waals surface area contributed by atoms with Crippen LogP contribution in [-0.2, 0) is 23.0 Å². The predicted octanol–water partition coefficient (Wildman–Crippen LogP) is 1.81. The molecular formula is C15H14N4O4S. The van der Waals surface area contributed by atoms with Crippen LogP contribution in [0.25, 0.3) is 10.9 Å². The molecule has 1 aliphatic heterocycles. The van der Waals surface area contributed by atoms with Crippen molar-refractivity contribution in [2.75, 3.05) is 4.72 Å². The number of carboxylic acid groups (broad SMARTS) is 1. The molecule has 124 valence electrons. The quantitative estimate of drug-likeness (QED) is 0.666. The van der Waals surface area contributed by atoms with Gasteiger partial charge in [-0.15, -0.1) is 0 Å². The number of aromatic nitrogens is 3. The van der Waals surface area contributed by atoms with E-state index >= 15 is 0 Å². The lowest BCUT2D eigenvalue weighted by molar-refractivity contribution is 0.0699. The van der Waals surface area contributed by atoms with Crippen LogP contribution in [0.3, 0.4) is 0 Å².